The molecule has 1 aromatic heterocycles. The summed E-state index contributed by atoms with van der Waals surface area (Å²) < 4.78 is 45.4. The molecule has 0 amide bonds. The van der Waals surface area contributed by atoms with E-state index in [4.69, 9.17) is 4.52 Å². The summed E-state index contributed by atoms with van der Waals surface area (Å²) >= 11 is 0. The number of nitrogens with zero attached hydrogens (tertiary/aromatic N) is 2. The second kappa shape index (κ2) is 6.38. The van der Waals surface area contributed by atoms with E-state index in [9.17, 15) is 12.8 Å². The van der Waals surface area contributed by atoms with Crippen LogP contribution in [-0.4, -0.2) is 37.5 Å². The number of rotatable bonds is 4. The third kappa shape index (κ3) is 3.60. The number of sulfonamides is 1. The van der Waals surface area contributed by atoms with Crippen molar-refractivity contribution < 1.29 is 17.3 Å². The van der Waals surface area contributed by atoms with Crippen LogP contribution in [0.5, 0.6) is 0 Å². The van der Waals surface area contributed by atoms with Gasteiger partial charge in [0.1, 0.15) is 11.6 Å². The van der Waals surface area contributed by atoms with E-state index in [2.05, 4.69) is 10.5 Å². The highest BCUT2D eigenvalue weighted by Crippen LogP contribution is 2.27. The highest BCUT2D eigenvalue weighted by atomic mass is 32.2. The minimum absolute atomic E-state index is 0.250. The Labute approximate surface area is 134 Å². The molecule has 6 nitrogen and oxygen atoms in total. The molecule has 0 spiro atoms. The summed E-state index contributed by atoms with van der Waals surface area (Å²) in [6, 6.07) is 7.21. The van der Waals surface area contributed by atoms with Crippen LogP contribution in [0.15, 0.2) is 34.9 Å². The first-order chi connectivity index (χ1) is 11.0. The Hall–Kier alpha value is -1.77. The number of benzene rings is 1. The van der Waals surface area contributed by atoms with Crippen molar-refractivity contribution in [2.45, 2.75) is 18.7 Å². The minimum atomic E-state index is -3.60. The van der Waals surface area contributed by atoms with Crippen molar-refractivity contribution in [3.8, 4) is 0 Å². The molecule has 0 saturated carbocycles. The Kier molecular flexibility index (Phi) is 4.47. The van der Waals surface area contributed by atoms with Crippen LogP contribution < -0.4 is 5.32 Å². The molecular formula is C15H18FN3O3S. The molecule has 1 saturated heterocycles. The van der Waals surface area contributed by atoms with Gasteiger partial charge in [0.25, 0.3) is 0 Å². The van der Waals surface area contributed by atoms with Crippen molar-refractivity contribution >= 4 is 10.0 Å². The van der Waals surface area contributed by atoms with Crippen molar-refractivity contribution in [3.63, 3.8) is 0 Å². The van der Waals surface area contributed by atoms with E-state index in [1.807, 2.05) is 0 Å². The molecule has 0 radical (unpaired) electrons. The van der Waals surface area contributed by atoms with Crippen LogP contribution in [0.3, 0.4) is 0 Å². The first-order valence-electron chi connectivity index (χ1n) is 7.33. The SMILES string of the molecule is Cc1cc(CS(=O)(=O)N2CCNCC2c2cccc(F)c2)on1. The number of halogens is 1. The van der Waals surface area contributed by atoms with Gasteiger partial charge in [0.2, 0.25) is 10.0 Å². The van der Waals surface area contributed by atoms with E-state index in [1.54, 1.807) is 25.1 Å². The fraction of sp³-hybridized carbons (Fsp3) is 0.400. The van der Waals surface area contributed by atoms with Crippen molar-refractivity contribution in [1.29, 1.82) is 0 Å². The molecule has 1 fully saturated rings. The maximum Gasteiger partial charge on any atom is 0.222 e. The molecule has 1 N–H and O–H groups in total. The quantitative estimate of drug-likeness (QED) is 0.916. The zero-order valence-electron chi connectivity index (χ0n) is 12.7. The van der Waals surface area contributed by atoms with E-state index in [0.717, 1.165) is 0 Å². The fourth-order valence-electron chi connectivity index (χ4n) is 2.76. The Bertz CT molecular complexity index is 791. The monoisotopic (exact) mass is 339 g/mol. The molecule has 0 aliphatic carbocycles. The van der Waals surface area contributed by atoms with Gasteiger partial charge in [-0.1, -0.05) is 17.3 Å². The van der Waals surface area contributed by atoms with Gasteiger partial charge in [-0.15, -0.1) is 0 Å². The molecule has 1 aliphatic rings. The molecule has 0 bridgehead atoms. The van der Waals surface area contributed by atoms with Crippen LogP contribution in [0.2, 0.25) is 0 Å². The van der Waals surface area contributed by atoms with E-state index in [1.165, 1.54) is 16.4 Å². The summed E-state index contributed by atoms with van der Waals surface area (Å²) in [5, 5.41) is 6.87. The number of piperazine rings is 1. The van der Waals surface area contributed by atoms with Crippen LogP contribution in [-0.2, 0) is 15.8 Å². The van der Waals surface area contributed by atoms with Gasteiger partial charge < -0.3 is 9.84 Å². The normalized spacial score (nSPS) is 19.8. The topological polar surface area (TPSA) is 75.4 Å². The van der Waals surface area contributed by atoms with Crippen molar-refractivity contribution in [2.75, 3.05) is 19.6 Å². The van der Waals surface area contributed by atoms with Crippen LogP contribution in [0, 0.1) is 12.7 Å². The van der Waals surface area contributed by atoms with E-state index < -0.39 is 16.1 Å². The van der Waals surface area contributed by atoms with Gasteiger partial charge in [0, 0.05) is 25.7 Å². The maximum absolute atomic E-state index is 13.5. The molecule has 124 valence electrons. The first-order valence-corrected chi connectivity index (χ1v) is 8.94. The molecule has 23 heavy (non-hydrogen) atoms. The second-order valence-corrected chi connectivity index (χ2v) is 7.50. The Morgan fingerprint density at radius 1 is 1.43 bits per heavy atom. The lowest BCUT2D eigenvalue weighted by atomic mass is 10.1. The summed E-state index contributed by atoms with van der Waals surface area (Å²) in [5.41, 5.74) is 1.27. The van der Waals surface area contributed by atoms with Gasteiger partial charge in [0.15, 0.2) is 5.76 Å². The number of hydrogen-bond acceptors (Lipinski definition) is 5. The van der Waals surface area contributed by atoms with Crippen molar-refractivity contribution in [1.82, 2.24) is 14.8 Å². The first kappa shape index (κ1) is 16.1. The predicted molar refractivity (Wildman–Crippen MR) is 82.6 cm³/mol. The number of hydrogen-bond donors (Lipinski definition) is 1. The van der Waals surface area contributed by atoms with Gasteiger partial charge in [0.05, 0.1) is 11.7 Å². The molecule has 1 aliphatic heterocycles. The number of nitrogens with one attached hydrogen (secondary N) is 1. The molecule has 2 aromatic rings. The van der Waals surface area contributed by atoms with Crippen LogP contribution in [0.1, 0.15) is 23.1 Å². The second-order valence-electron chi connectivity index (χ2n) is 5.58. The third-order valence-corrected chi connectivity index (χ3v) is 5.59. The lowest BCUT2D eigenvalue weighted by molar-refractivity contribution is 0.269. The smallest absolute Gasteiger partial charge is 0.222 e. The maximum atomic E-state index is 13.5. The Balaban J connectivity index is 1.88. The van der Waals surface area contributed by atoms with Gasteiger partial charge in [-0.25, -0.2) is 12.8 Å². The average molecular weight is 339 g/mol. The van der Waals surface area contributed by atoms with E-state index in [-0.39, 0.29) is 11.6 Å². The van der Waals surface area contributed by atoms with Crippen LogP contribution in [0.4, 0.5) is 4.39 Å². The molecule has 2 heterocycles. The zero-order chi connectivity index (χ0) is 16.4. The summed E-state index contributed by atoms with van der Waals surface area (Å²) in [6.07, 6.45) is 0. The van der Waals surface area contributed by atoms with Gasteiger partial charge >= 0.3 is 0 Å². The van der Waals surface area contributed by atoms with Crippen LogP contribution in [0.25, 0.3) is 0 Å². The van der Waals surface area contributed by atoms with Gasteiger partial charge in [-0.2, -0.15) is 4.31 Å². The predicted octanol–water partition coefficient (Wildman–Crippen LogP) is 1.60. The van der Waals surface area contributed by atoms with Crippen LogP contribution >= 0.6 is 0 Å². The number of aryl methyl sites for hydroxylation is 1. The van der Waals surface area contributed by atoms with E-state index >= 15 is 0 Å². The van der Waals surface area contributed by atoms with Gasteiger partial charge in [-0.3, -0.25) is 0 Å². The highest BCUT2D eigenvalue weighted by Gasteiger charge is 2.34. The standard InChI is InChI=1S/C15H18FN3O3S/c1-11-7-14(22-18-11)10-23(20,21)19-6-5-17-9-15(19)12-3-2-4-13(16)8-12/h2-4,7-8,15,17H,5-6,9-10H2,1H3. The molecule has 8 heteroatoms. The number of aromatic nitrogens is 1. The molecule has 1 aromatic carbocycles. The lowest BCUT2D eigenvalue weighted by Crippen LogP contribution is -2.48. The Morgan fingerprint density at radius 2 is 2.26 bits per heavy atom. The lowest BCUT2D eigenvalue weighted by Gasteiger charge is -2.35. The average Bonchev–Trinajstić information content (AvgIpc) is 2.91. The third-order valence-electron chi connectivity index (χ3n) is 3.79. The van der Waals surface area contributed by atoms with Gasteiger partial charge in [-0.05, 0) is 24.6 Å². The summed E-state index contributed by atoms with van der Waals surface area (Å²) in [5.74, 6) is -0.324. The van der Waals surface area contributed by atoms with Crippen molar-refractivity contribution in [3.05, 3.63) is 53.2 Å². The largest absolute Gasteiger partial charge is 0.360 e. The summed E-state index contributed by atoms with van der Waals surface area (Å²) in [6.45, 7) is 3.06. The zero-order valence-corrected chi connectivity index (χ0v) is 13.5. The van der Waals surface area contributed by atoms with E-state index in [0.29, 0.717) is 36.7 Å². The minimum Gasteiger partial charge on any atom is -0.360 e. The summed E-state index contributed by atoms with van der Waals surface area (Å²) in [7, 11) is -3.60. The molecule has 1 unspecified atom stereocenters. The van der Waals surface area contributed by atoms with Crippen molar-refractivity contribution in [2.24, 2.45) is 0 Å². The fourth-order valence-corrected chi connectivity index (χ4v) is 4.38. The molecule has 3 rings (SSSR count). The highest BCUT2D eigenvalue weighted by molar-refractivity contribution is 7.88. The Morgan fingerprint density at radius 3 is 2.96 bits per heavy atom. The summed E-state index contributed by atoms with van der Waals surface area (Å²) in [4.78, 5) is 0. The molecular weight excluding hydrogens is 321 g/mol. The molecule has 1 atom stereocenters.